The van der Waals surface area contributed by atoms with Gasteiger partial charge in [-0.05, 0) is 0 Å². The van der Waals surface area contributed by atoms with Gasteiger partial charge in [0.25, 0.3) is 11.8 Å². The summed E-state index contributed by atoms with van der Waals surface area (Å²) in [7, 11) is 0. The number of nitrogen functional groups attached to an aromatic ring is 1. The molecular formula is C18H18N8O5S4. The Kier molecular flexibility index (Phi) is 7.80. The summed E-state index contributed by atoms with van der Waals surface area (Å²) in [5.41, 5.74) is 10.6. The first kappa shape index (κ1) is 25.2. The van der Waals surface area contributed by atoms with Crippen LogP contribution in [0.15, 0.2) is 43.6 Å². The molecule has 13 nitrogen and oxygen atoms in total. The van der Waals surface area contributed by atoms with E-state index in [1.807, 2.05) is 0 Å². The van der Waals surface area contributed by atoms with E-state index in [1.165, 1.54) is 41.3 Å². The number of carboxylic acid groups (broad SMARTS) is 1. The van der Waals surface area contributed by atoms with Gasteiger partial charge in [0.15, 0.2) is 10.8 Å². The number of hydrogen-bond donors (Lipinski definition) is 5. The minimum Gasteiger partial charge on any atom is -0.477 e. The lowest BCUT2D eigenvalue weighted by Crippen LogP contribution is -2.71. The summed E-state index contributed by atoms with van der Waals surface area (Å²) in [5, 5.41) is 26.7. The van der Waals surface area contributed by atoms with E-state index in [9.17, 15) is 24.7 Å². The first-order valence-corrected chi connectivity index (χ1v) is 13.6. The van der Waals surface area contributed by atoms with Gasteiger partial charge < -0.3 is 27.1 Å². The van der Waals surface area contributed by atoms with Crippen molar-refractivity contribution in [1.82, 2.24) is 25.2 Å². The Morgan fingerprint density at radius 2 is 2.06 bits per heavy atom. The molecule has 0 aromatic carbocycles. The monoisotopic (exact) mass is 554 g/mol. The Labute approximate surface area is 214 Å². The number of nitrogens with zero attached hydrogens (tertiary/aromatic N) is 5. The fraction of sp³-hybridized carbons (Fsp3) is 0.278. The van der Waals surface area contributed by atoms with Gasteiger partial charge in [0.05, 0.1) is 0 Å². The van der Waals surface area contributed by atoms with Crippen molar-refractivity contribution in [3.63, 3.8) is 0 Å². The third-order valence-corrected chi connectivity index (χ3v) is 9.07. The number of carboxylic acids is 1. The third kappa shape index (κ3) is 5.08. The van der Waals surface area contributed by atoms with Crippen molar-refractivity contribution in [2.75, 3.05) is 23.8 Å². The van der Waals surface area contributed by atoms with E-state index in [-0.39, 0.29) is 22.3 Å². The van der Waals surface area contributed by atoms with Gasteiger partial charge >= 0.3 is 5.97 Å². The average molecular weight is 555 g/mol. The number of amides is 2. The maximum atomic E-state index is 12.9. The first-order valence-electron chi connectivity index (χ1n) is 9.82. The second kappa shape index (κ2) is 10.8. The molecule has 2 amide bonds. The van der Waals surface area contributed by atoms with Crippen LogP contribution in [0, 0.1) is 0 Å². The van der Waals surface area contributed by atoms with E-state index in [0.29, 0.717) is 27.3 Å². The Morgan fingerprint density at radius 1 is 1.31 bits per heavy atom. The first-order chi connectivity index (χ1) is 16.8. The number of carbonyl (C=O) groups is 3. The molecule has 0 bridgehead atoms. The van der Waals surface area contributed by atoms with Gasteiger partial charge in [-0.2, -0.15) is 0 Å². The maximum Gasteiger partial charge on any atom is 0.353 e. The molecule has 0 aliphatic carbocycles. The second-order valence-electron chi connectivity index (χ2n) is 6.86. The van der Waals surface area contributed by atoms with Crippen molar-refractivity contribution in [3.8, 4) is 0 Å². The Balaban J connectivity index is 1.53. The Hall–Kier alpha value is -2.86. The van der Waals surface area contributed by atoms with Crippen LogP contribution in [0.5, 0.6) is 0 Å². The molecular weight excluding hydrogens is 537 g/mol. The fourth-order valence-electron chi connectivity index (χ4n) is 3.24. The molecule has 2 atom stereocenters. The molecule has 2 aliphatic heterocycles. The zero-order chi connectivity index (χ0) is 25.1. The van der Waals surface area contributed by atoms with Gasteiger partial charge in [0.1, 0.15) is 32.9 Å². The lowest BCUT2D eigenvalue weighted by atomic mass is 10.0. The van der Waals surface area contributed by atoms with Gasteiger partial charge in [-0.15, -0.1) is 34.9 Å². The van der Waals surface area contributed by atoms with Crippen LogP contribution in [0.1, 0.15) is 5.69 Å². The number of aliphatic carboxylic acids is 1. The predicted octanol–water partition coefficient (Wildman–Crippen LogP) is 0.233. The van der Waals surface area contributed by atoms with Crippen LogP contribution in [0.25, 0.3) is 0 Å². The number of thiazole rings is 1. The van der Waals surface area contributed by atoms with E-state index in [1.54, 1.807) is 0 Å². The molecule has 0 radical (unpaired) electrons. The van der Waals surface area contributed by atoms with Crippen LogP contribution in [0.3, 0.4) is 0 Å². The van der Waals surface area contributed by atoms with E-state index < -0.39 is 34.9 Å². The van der Waals surface area contributed by atoms with Crippen LogP contribution < -0.4 is 16.8 Å². The third-order valence-electron chi connectivity index (χ3n) is 4.71. The summed E-state index contributed by atoms with van der Waals surface area (Å²) in [6.45, 7) is 0.444. The average Bonchev–Trinajstić information content (AvgIpc) is 3.27. The molecule has 2 aromatic rings. The molecule has 2 aliphatic rings. The molecule has 35 heavy (non-hydrogen) atoms. The highest BCUT2D eigenvalue weighted by Gasteiger charge is 2.54. The molecule has 0 spiro atoms. The minimum absolute atomic E-state index is 0.0597. The number of anilines is 1. The lowest BCUT2D eigenvalue weighted by molar-refractivity contribution is -0.150. The number of thioether (sulfide) groups is 3. The summed E-state index contributed by atoms with van der Waals surface area (Å²) < 4.78 is 0. The summed E-state index contributed by atoms with van der Waals surface area (Å²) in [6.07, 6.45) is 3.04. The highest BCUT2D eigenvalue weighted by molar-refractivity contribution is 8.07. The quantitative estimate of drug-likeness (QED) is 0.0925. The number of aromatic nitrogens is 3. The molecule has 7 N–H and O–H groups in total. The van der Waals surface area contributed by atoms with Crippen molar-refractivity contribution in [2.45, 2.75) is 21.5 Å². The van der Waals surface area contributed by atoms with E-state index in [4.69, 9.17) is 11.5 Å². The molecule has 17 heteroatoms. The summed E-state index contributed by atoms with van der Waals surface area (Å²) >= 11 is 4.89. The molecule has 0 unspecified atom stereocenters. The molecule has 1 fully saturated rings. The smallest absolute Gasteiger partial charge is 0.353 e. The maximum absolute atomic E-state index is 12.9. The molecule has 0 saturated carbocycles. The SMILES string of the molecule is NCCSc1nccnc1SC1=C(C(=O)O)N2C(=O)[C@@H](NC(=O)/C(=N\O)c3csc(N)n3)[C@H]2SC1. The number of rotatable bonds is 9. The highest BCUT2D eigenvalue weighted by atomic mass is 32.2. The number of nitrogens with two attached hydrogens (primary N) is 2. The van der Waals surface area contributed by atoms with Gasteiger partial charge in [-0.3, -0.25) is 14.5 Å². The number of oxime groups is 1. The highest BCUT2D eigenvalue weighted by Crippen LogP contribution is 2.45. The molecule has 184 valence electrons. The van der Waals surface area contributed by atoms with Crippen LogP contribution in [0.2, 0.25) is 0 Å². The van der Waals surface area contributed by atoms with Crippen LogP contribution in [-0.4, -0.2) is 83.1 Å². The van der Waals surface area contributed by atoms with Gasteiger partial charge in [-0.25, -0.2) is 19.7 Å². The van der Waals surface area contributed by atoms with E-state index in [2.05, 4.69) is 25.4 Å². The largest absolute Gasteiger partial charge is 0.477 e. The number of carbonyl (C=O) groups excluding carboxylic acids is 2. The van der Waals surface area contributed by atoms with Crippen LogP contribution in [0.4, 0.5) is 5.13 Å². The van der Waals surface area contributed by atoms with Crippen molar-refractivity contribution < 1.29 is 24.7 Å². The fourth-order valence-corrected chi connectivity index (χ4v) is 7.12. The van der Waals surface area contributed by atoms with Crippen LogP contribution >= 0.6 is 46.6 Å². The zero-order valence-corrected chi connectivity index (χ0v) is 20.9. The molecule has 4 rings (SSSR count). The zero-order valence-electron chi connectivity index (χ0n) is 17.7. The lowest BCUT2D eigenvalue weighted by Gasteiger charge is -2.49. The van der Waals surface area contributed by atoms with Crippen molar-refractivity contribution >= 4 is 75.2 Å². The van der Waals surface area contributed by atoms with Crippen molar-refractivity contribution in [2.24, 2.45) is 10.9 Å². The predicted molar refractivity (Wildman–Crippen MR) is 132 cm³/mol. The number of hydrogen-bond acceptors (Lipinski definition) is 14. The molecule has 2 aromatic heterocycles. The van der Waals surface area contributed by atoms with Crippen LogP contribution in [-0.2, 0) is 14.4 Å². The normalized spacial score (nSPS) is 19.9. The van der Waals surface area contributed by atoms with E-state index >= 15 is 0 Å². The van der Waals surface area contributed by atoms with Gasteiger partial charge in [0.2, 0.25) is 0 Å². The van der Waals surface area contributed by atoms with E-state index in [0.717, 1.165) is 28.0 Å². The Bertz CT molecular complexity index is 1230. The summed E-state index contributed by atoms with van der Waals surface area (Å²) in [4.78, 5) is 51.7. The van der Waals surface area contributed by atoms with Crippen molar-refractivity contribution in [3.05, 3.63) is 34.1 Å². The number of fused-ring (bicyclic) bond motifs is 1. The van der Waals surface area contributed by atoms with Crippen molar-refractivity contribution in [1.29, 1.82) is 0 Å². The van der Waals surface area contributed by atoms with Gasteiger partial charge in [0, 0.05) is 40.7 Å². The number of nitrogens with one attached hydrogen (secondary N) is 1. The molecule has 4 heterocycles. The topological polar surface area (TPSA) is 210 Å². The standard InChI is InChI=1S/C18H18N8O5S4/c19-1-4-32-13-14(22-3-2-21-13)35-8-6-33-16-10(15(28)26(16)11(8)17(29)30)24-12(27)9(25-31)7-5-34-18(20)23-7/h2-3,5,10,16,31H,1,4,6,19H2,(H2,20,23)(H,24,27)(H,29,30)/b25-9-/t10-,16-/m1/s1. The summed E-state index contributed by atoms with van der Waals surface area (Å²) in [6, 6.07) is -1.01. The minimum atomic E-state index is -1.27. The Morgan fingerprint density at radius 3 is 2.69 bits per heavy atom. The second-order valence-corrected chi connectivity index (χ2v) is 11.0. The summed E-state index contributed by atoms with van der Waals surface area (Å²) in [5.74, 6) is -1.82. The molecule has 1 saturated heterocycles. The number of β-lactam (4-membered cyclic amide) rings is 1. The van der Waals surface area contributed by atoms with Gasteiger partial charge in [-0.1, -0.05) is 16.9 Å².